The van der Waals surface area contributed by atoms with E-state index in [0.717, 1.165) is 89.4 Å². The van der Waals surface area contributed by atoms with Gasteiger partial charge >= 0.3 is 0 Å². The summed E-state index contributed by atoms with van der Waals surface area (Å²) < 4.78 is 0. The summed E-state index contributed by atoms with van der Waals surface area (Å²) in [5, 5.41) is 0. The molecule has 0 N–H and O–H groups in total. The van der Waals surface area contributed by atoms with Gasteiger partial charge in [-0.2, -0.15) is 0 Å². The number of pyridine rings is 1. The Kier molecular flexibility index (Phi) is 6.57. The number of fused-ring (bicyclic) bond motifs is 2. The van der Waals surface area contributed by atoms with Crippen molar-refractivity contribution in [2.75, 3.05) is 29.4 Å². The lowest BCUT2D eigenvalue weighted by molar-refractivity contribution is 0.279. The highest BCUT2D eigenvalue weighted by Gasteiger charge is 2.31. The quantitative estimate of drug-likeness (QED) is 0.281. The van der Waals surface area contributed by atoms with Crippen molar-refractivity contribution in [3.05, 3.63) is 107 Å². The molecule has 5 heterocycles. The molecule has 41 heavy (non-hydrogen) atoms. The second-order valence-corrected chi connectivity index (χ2v) is 11.9. The molecule has 0 saturated carbocycles. The average Bonchev–Trinajstić information content (AvgIpc) is 3.43. The lowest BCUT2D eigenvalue weighted by atomic mass is 9.83. The van der Waals surface area contributed by atoms with Gasteiger partial charge in [0, 0.05) is 42.5 Å². The molecule has 0 spiro atoms. The highest BCUT2D eigenvalue weighted by molar-refractivity contribution is 6.14. The van der Waals surface area contributed by atoms with Crippen LogP contribution in [-0.2, 0) is 13.0 Å². The zero-order chi connectivity index (χ0) is 27.8. The summed E-state index contributed by atoms with van der Waals surface area (Å²) in [4.78, 5) is 29.6. The number of hydrogen-bond donors (Lipinski definition) is 0. The maximum Gasteiger partial charge on any atom is 0.157 e. The van der Waals surface area contributed by atoms with Crippen molar-refractivity contribution in [3.8, 4) is 0 Å². The molecule has 7 nitrogen and oxygen atoms in total. The zero-order valence-electron chi connectivity index (χ0n) is 23.8. The van der Waals surface area contributed by atoms with Crippen LogP contribution in [0.2, 0.25) is 0 Å². The van der Waals surface area contributed by atoms with Crippen LogP contribution in [0.1, 0.15) is 61.2 Å². The van der Waals surface area contributed by atoms with Crippen LogP contribution >= 0.6 is 0 Å². The Morgan fingerprint density at radius 3 is 2.27 bits per heavy atom. The van der Waals surface area contributed by atoms with Crippen LogP contribution in [-0.4, -0.2) is 46.1 Å². The summed E-state index contributed by atoms with van der Waals surface area (Å²) in [6.07, 6.45) is 8.08. The number of aromatic nitrogens is 3. The van der Waals surface area contributed by atoms with Gasteiger partial charge in [-0.15, -0.1) is 0 Å². The Balaban J connectivity index is 1.21. The minimum Gasteiger partial charge on any atom is -0.355 e. The summed E-state index contributed by atoms with van der Waals surface area (Å²) >= 11 is 0. The molecule has 3 aliphatic heterocycles. The number of benzene rings is 2. The SMILES string of the molecule is CC1(C)CCN(c2cnc3c(n2)CN=C3N2CCCc3c2ccnc3N=C(c2ccccc2)c2ccccc2)CC1. The second-order valence-electron chi connectivity index (χ2n) is 11.9. The molecule has 3 aliphatic rings. The van der Waals surface area contributed by atoms with Crippen LogP contribution in [0.5, 0.6) is 0 Å². The fourth-order valence-electron chi connectivity index (χ4n) is 6.05. The van der Waals surface area contributed by atoms with E-state index < -0.39 is 0 Å². The van der Waals surface area contributed by atoms with Crippen molar-refractivity contribution >= 4 is 28.9 Å². The topological polar surface area (TPSA) is 69.9 Å². The van der Waals surface area contributed by atoms with Gasteiger partial charge in [-0.3, -0.25) is 4.99 Å². The van der Waals surface area contributed by atoms with Gasteiger partial charge in [0.25, 0.3) is 0 Å². The first-order valence-electron chi connectivity index (χ1n) is 14.7. The number of nitrogens with zero attached hydrogens (tertiary/aromatic N) is 7. The Morgan fingerprint density at radius 2 is 1.56 bits per heavy atom. The molecule has 1 fully saturated rings. The lowest BCUT2D eigenvalue weighted by Crippen LogP contribution is -2.38. The predicted octanol–water partition coefficient (Wildman–Crippen LogP) is 6.38. The molecule has 0 unspecified atom stereocenters. The van der Waals surface area contributed by atoms with E-state index in [1.54, 1.807) is 0 Å². The van der Waals surface area contributed by atoms with Crippen molar-refractivity contribution in [2.45, 2.75) is 46.1 Å². The van der Waals surface area contributed by atoms with Gasteiger partial charge in [0.05, 0.1) is 29.8 Å². The molecule has 0 amide bonds. The summed E-state index contributed by atoms with van der Waals surface area (Å²) in [6.45, 7) is 8.21. The summed E-state index contributed by atoms with van der Waals surface area (Å²) in [5.41, 5.74) is 7.60. The van der Waals surface area contributed by atoms with E-state index in [2.05, 4.69) is 78.2 Å². The van der Waals surface area contributed by atoms with Crippen LogP contribution in [0.15, 0.2) is 89.1 Å². The van der Waals surface area contributed by atoms with E-state index in [1.165, 1.54) is 12.8 Å². The van der Waals surface area contributed by atoms with E-state index in [-0.39, 0.29) is 0 Å². The molecule has 2 aromatic carbocycles. The van der Waals surface area contributed by atoms with Gasteiger partial charge in [-0.25, -0.2) is 19.9 Å². The first-order valence-corrected chi connectivity index (χ1v) is 14.7. The maximum absolute atomic E-state index is 5.20. The molecule has 0 aliphatic carbocycles. The highest BCUT2D eigenvalue weighted by atomic mass is 15.3. The standard InChI is InChI=1S/C34H35N7/c1-34(2)16-20-40(21-17-34)29-23-36-31-27(38-29)22-37-33(31)41-19-9-14-26-28(41)15-18-35-32(26)39-30(24-10-5-3-6-11-24)25-12-7-4-8-13-25/h3-8,10-13,15,18,23H,9,14,16-17,19-22H2,1-2H3. The van der Waals surface area contributed by atoms with Crippen molar-refractivity contribution in [3.63, 3.8) is 0 Å². The van der Waals surface area contributed by atoms with Crippen LogP contribution in [0.3, 0.4) is 0 Å². The van der Waals surface area contributed by atoms with E-state index in [4.69, 9.17) is 24.9 Å². The molecule has 0 radical (unpaired) electrons. The number of aliphatic imine (C=N–C) groups is 2. The van der Waals surface area contributed by atoms with E-state index >= 15 is 0 Å². The molecule has 206 valence electrons. The Bertz CT molecular complexity index is 1570. The maximum atomic E-state index is 5.20. The molecular weight excluding hydrogens is 506 g/mol. The molecule has 0 bridgehead atoms. The van der Waals surface area contributed by atoms with E-state index in [1.807, 2.05) is 24.5 Å². The third-order valence-electron chi connectivity index (χ3n) is 8.54. The first kappa shape index (κ1) is 25.6. The third-order valence-corrected chi connectivity index (χ3v) is 8.54. The van der Waals surface area contributed by atoms with Crippen molar-refractivity contribution in [1.82, 2.24) is 15.0 Å². The molecule has 4 aromatic rings. The van der Waals surface area contributed by atoms with Gasteiger partial charge in [0.15, 0.2) is 11.7 Å². The third kappa shape index (κ3) is 5.01. The molecular formula is C34H35N7. The van der Waals surface area contributed by atoms with Crippen molar-refractivity contribution in [2.24, 2.45) is 15.4 Å². The van der Waals surface area contributed by atoms with Crippen molar-refractivity contribution < 1.29 is 0 Å². The van der Waals surface area contributed by atoms with Gasteiger partial charge < -0.3 is 9.80 Å². The van der Waals surface area contributed by atoms with Crippen LogP contribution < -0.4 is 9.80 Å². The van der Waals surface area contributed by atoms with Crippen molar-refractivity contribution in [1.29, 1.82) is 0 Å². The normalized spacial score (nSPS) is 17.5. The number of rotatable bonds is 4. The summed E-state index contributed by atoms with van der Waals surface area (Å²) in [5.74, 6) is 2.65. The average molecular weight is 542 g/mol. The highest BCUT2D eigenvalue weighted by Crippen LogP contribution is 2.36. The largest absolute Gasteiger partial charge is 0.355 e. The van der Waals surface area contributed by atoms with Gasteiger partial charge in [-0.05, 0) is 37.2 Å². The fraction of sp³-hybridized carbons (Fsp3) is 0.324. The fourth-order valence-corrected chi connectivity index (χ4v) is 6.05. The monoisotopic (exact) mass is 541 g/mol. The molecule has 2 aromatic heterocycles. The summed E-state index contributed by atoms with van der Waals surface area (Å²) in [7, 11) is 0. The zero-order valence-corrected chi connectivity index (χ0v) is 23.8. The minimum atomic E-state index is 0.402. The molecule has 0 atom stereocenters. The Labute approximate surface area is 241 Å². The van der Waals surface area contributed by atoms with E-state index in [0.29, 0.717) is 12.0 Å². The Hall–Kier alpha value is -4.39. The number of anilines is 2. The van der Waals surface area contributed by atoms with Crippen LogP contribution in [0.4, 0.5) is 17.3 Å². The number of amidine groups is 1. The summed E-state index contributed by atoms with van der Waals surface area (Å²) in [6, 6.07) is 22.8. The Morgan fingerprint density at radius 1 is 0.854 bits per heavy atom. The predicted molar refractivity (Wildman–Crippen MR) is 166 cm³/mol. The van der Waals surface area contributed by atoms with Crippen LogP contribution in [0, 0.1) is 5.41 Å². The van der Waals surface area contributed by atoms with E-state index in [9.17, 15) is 0 Å². The molecule has 7 heteroatoms. The first-order chi connectivity index (χ1) is 20.1. The van der Waals surface area contributed by atoms with Gasteiger partial charge in [0.2, 0.25) is 0 Å². The lowest BCUT2D eigenvalue weighted by Gasteiger charge is -2.37. The number of piperidine rings is 1. The molecule has 7 rings (SSSR count). The molecule has 1 saturated heterocycles. The van der Waals surface area contributed by atoms with Gasteiger partial charge in [-0.1, -0.05) is 74.5 Å². The van der Waals surface area contributed by atoms with Crippen LogP contribution in [0.25, 0.3) is 0 Å². The smallest absolute Gasteiger partial charge is 0.157 e. The number of hydrogen-bond acceptors (Lipinski definition) is 7. The minimum absolute atomic E-state index is 0.402. The van der Waals surface area contributed by atoms with Gasteiger partial charge in [0.1, 0.15) is 11.5 Å². The second kappa shape index (κ2) is 10.5.